The molecule has 1 amide bonds. The van der Waals surface area contributed by atoms with Crippen LogP contribution < -0.4 is 16.2 Å². The summed E-state index contributed by atoms with van der Waals surface area (Å²) < 4.78 is 0. The van der Waals surface area contributed by atoms with E-state index in [0.29, 0.717) is 12.3 Å². The number of piperidine rings is 1. The van der Waals surface area contributed by atoms with Crippen molar-refractivity contribution >= 4 is 5.91 Å². The summed E-state index contributed by atoms with van der Waals surface area (Å²) in [6.45, 7) is 2.16. The van der Waals surface area contributed by atoms with E-state index < -0.39 is 0 Å². The second-order valence-electron chi connectivity index (χ2n) is 6.50. The number of aromatic nitrogens is 1. The SMILES string of the molecule is O=C(CCC1CCNCC1)NC1CCCc2[nH]c(=O)ccc21. The Morgan fingerprint density at radius 1 is 1.23 bits per heavy atom. The first kappa shape index (κ1) is 15.3. The minimum Gasteiger partial charge on any atom is -0.349 e. The zero-order valence-electron chi connectivity index (χ0n) is 13.0. The molecular formula is C17H25N3O2. The Labute approximate surface area is 130 Å². The summed E-state index contributed by atoms with van der Waals surface area (Å²) in [5.41, 5.74) is 2.01. The number of fused-ring (bicyclic) bond motifs is 1. The average Bonchev–Trinajstić information content (AvgIpc) is 2.54. The van der Waals surface area contributed by atoms with Crippen LogP contribution in [0.3, 0.4) is 0 Å². The van der Waals surface area contributed by atoms with Gasteiger partial charge in [0.25, 0.3) is 0 Å². The maximum atomic E-state index is 12.2. The molecule has 3 rings (SSSR count). The highest BCUT2D eigenvalue weighted by molar-refractivity contribution is 5.76. The highest BCUT2D eigenvalue weighted by atomic mass is 16.1. The number of nitrogens with one attached hydrogen (secondary N) is 3. The van der Waals surface area contributed by atoms with Crippen LogP contribution in [0.5, 0.6) is 0 Å². The van der Waals surface area contributed by atoms with Gasteiger partial charge in [-0.15, -0.1) is 0 Å². The molecule has 1 unspecified atom stereocenters. The predicted molar refractivity (Wildman–Crippen MR) is 85.7 cm³/mol. The molecule has 1 aliphatic carbocycles. The molecule has 5 heteroatoms. The van der Waals surface area contributed by atoms with Crippen molar-refractivity contribution in [1.29, 1.82) is 0 Å². The molecule has 1 aromatic rings. The zero-order chi connectivity index (χ0) is 15.4. The van der Waals surface area contributed by atoms with Gasteiger partial charge in [-0.3, -0.25) is 9.59 Å². The lowest BCUT2D eigenvalue weighted by molar-refractivity contribution is -0.122. The first-order valence-corrected chi connectivity index (χ1v) is 8.44. The number of aromatic amines is 1. The second-order valence-corrected chi connectivity index (χ2v) is 6.50. The Bertz CT molecular complexity index is 576. The Balaban J connectivity index is 1.55. The predicted octanol–water partition coefficient (Wildman–Crippen LogP) is 1.65. The van der Waals surface area contributed by atoms with E-state index in [1.54, 1.807) is 6.07 Å². The van der Waals surface area contributed by atoms with E-state index in [4.69, 9.17) is 0 Å². The third-order valence-corrected chi connectivity index (χ3v) is 4.91. The number of hydrogen-bond acceptors (Lipinski definition) is 3. The third-order valence-electron chi connectivity index (χ3n) is 4.91. The largest absolute Gasteiger partial charge is 0.349 e. The molecule has 0 bridgehead atoms. The molecule has 2 aliphatic rings. The van der Waals surface area contributed by atoms with E-state index >= 15 is 0 Å². The van der Waals surface area contributed by atoms with E-state index in [2.05, 4.69) is 15.6 Å². The molecule has 2 heterocycles. The lowest BCUT2D eigenvalue weighted by atomic mass is 9.90. The Morgan fingerprint density at radius 3 is 2.86 bits per heavy atom. The van der Waals surface area contributed by atoms with Crippen LogP contribution in [-0.4, -0.2) is 24.0 Å². The minimum atomic E-state index is -0.0587. The lowest BCUT2D eigenvalue weighted by Crippen LogP contribution is -2.33. The fourth-order valence-corrected chi connectivity index (χ4v) is 3.62. The first-order valence-electron chi connectivity index (χ1n) is 8.44. The van der Waals surface area contributed by atoms with Crippen molar-refractivity contribution in [3.05, 3.63) is 33.7 Å². The van der Waals surface area contributed by atoms with Gasteiger partial charge in [-0.1, -0.05) is 0 Å². The summed E-state index contributed by atoms with van der Waals surface area (Å²) in [7, 11) is 0. The van der Waals surface area contributed by atoms with Crippen LogP contribution in [0.1, 0.15) is 55.8 Å². The molecular weight excluding hydrogens is 278 g/mol. The Morgan fingerprint density at radius 2 is 2.05 bits per heavy atom. The van der Waals surface area contributed by atoms with Gasteiger partial charge in [-0.25, -0.2) is 0 Å². The second kappa shape index (κ2) is 7.09. The van der Waals surface area contributed by atoms with Crippen molar-refractivity contribution in [2.45, 2.75) is 51.0 Å². The molecule has 22 heavy (non-hydrogen) atoms. The van der Waals surface area contributed by atoms with Crippen LogP contribution in [0, 0.1) is 5.92 Å². The van der Waals surface area contributed by atoms with Crippen molar-refractivity contribution in [2.75, 3.05) is 13.1 Å². The standard InChI is InChI=1S/C17H25N3O2/c21-16(6-4-12-8-10-18-11-9-12)19-14-2-1-3-15-13(14)5-7-17(22)20-15/h5,7,12,14,18H,1-4,6,8-11H2,(H,19,21)(H,20,22). The van der Waals surface area contributed by atoms with Gasteiger partial charge in [0.05, 0.1) is 6.04 Å². The molecule has 120 valence electrons. The smallest absolute Gasteiger partial charge is 0.248 e. The molecule has 0 spiro atoms. The van der Waals surface area contributed by atoms with Crippen LogP contribution in [0.15, 0.2) is 16.9 Å². The van der Waals surface area contributed by atoms with Gasteiger partial charge in [0.15, 0.2) is 0 Å². The van der Waals surface area contributed by atoms with E-state index in [1.165, 1.54) is 12.8 Å². The summed E-state index contributed by atoms with van der Waals surface area (Å²) in [5, 5.41) is 6.51. The van der Waals surface area contributed by atoms with E-state index in [-0.39, 0.29) is 17.5 Å². The quantitative estimate of drug-likeness (QED) is 0.792. The van der Waals surface area contributed by atoms with E-state index in [9.17, 15) is 9.59 Å². The fraction of sp³-hybridized carbons (Fsp3) is 0.647. The molecule has 1 aliphatic heterocycles. The third kappa shape index (κ3) is 3.77. The van der Waals surface area contributed by atoms with Gasteiger partial charge in [-0.05, 0) is 69.2 Å². The van der Waals surface area contributed by atoms with Crippen LogP contribution in [-0.2, 0) is 11.2 Å². The van der Waals surface area contributed by atoms with Crippen molar-refractivity contribution in [3.63, 3.8) is 0 Å². The number of rotatable bonds is 4. The summed E-state index contributed by atoms with van der Waals surface area (Å²) >= 11 is 0. The summed E-state index contributed by atoms with van der Waals surface area (Å²) in [6.07, 6.45) is 6.82. The van der Waals surface area contributed by atoms with Gasteiger partial charge in [0.1, 0.15) is 0 Å². The molecule has 0 saturated carbocycles. The highest BCUT2D eigenvalue weighted by Gasteiger charge is 2.23. The Kier molecular flexibility index (Phi) is 4.93. The van der Waals surface area contributed by atoms with Crippen LogP contribution >= 0.6 is 0 Å². The number of amides is 1. The van der Waals surface area contributed by atoms with Crippen LogP contribution in [0.2, 0.25) is 0 Å². The molecule has 0 aromatic carbocycles. The van der Waals surface area contributed by atoms with Crippen molar-refractivity contribution in [1.82, 2.24) is 15.6 Å². The number of H-pyrrole nitrogens is 1. The van der Waals surface area contributed by atoms with Crippen molar-refractivity contribution in [2.24, 2.45) is 5.92 Å². The number of aryl methyl sites for hydroxylation is 1. The normalized spacial score (nSPS) is 22.1. The van der Waals surface area contributed by atoms with E-state index in [0.717, 1.165) is 50.0 Å². The van der Waals surface area contributed by atoms with Crippen molar-refractivity contribution in [3.8, 4) is 0 Å². The maximum absolute atomic E-state index is 12.2. The first-order chi connectivity index (χ1) is 10.7. The average molecular weight is 303 g/mol. The van der Waals surface area contributed by atoms with Gasteiger partial charge >= 0.3 is 0 Å². The lowest BCUT2D eigenvalue weighted by Gasteiger charge is -2.26. The molecule has 3 N–H and O–H groups in total. The highest BCUT2D eigenvalue weighted by Crippen LogP contribution is 2.27. The monoisotopic (exact) mass is 303 g/mol. The number of carbonyl (C=O) groups is 1. The van der Waals surface area contributed by atoms with E-state index in [1.807, 2.05) is 6.07 Å². The zero-order valence-corrected chi connectivity index (χ0v) is 13.0. The molecule has 1 aromatic heterocycles. The number of hydrogen-bond donors (Lipinski definition) is 3. The molecule has 1 saturated heterocycles. The van der Waals surface area contributed by atoms with Crippen molar-refractivity contribution < 1.29 is 4.79 Å². The maximum Gasteiger partial charge on any atom is 0.248 e. The van der Waals surface area contributed by atoms with Crippen LogP contribution in [0.25, 0.3) is 0 Å². The molecule has 1 fully saturated rings. The topological polar surface area (TPSA) is 74.0 Å². The molecule has 5 nitrogen and oxygen atoms in total. The minimum absolute atomic E-state index is 0.0566. The summed E-state index contributed by atoms with van der Waals surface area (Å²) in [5.74, 6) is 0.824. The summed E-state index contributed by atoms with van der Waals surface area (Å²) in [6, 6.07) is 3.48. The van der Waals surface area contributed by atoms with Gasteiger partial charge in [0, 0.05) is 18.2 Å². The van der Waals surface area contributed by atoms with Gasteiger partial charge in [0.2, 0.25) is 11.5 Å². The molecule has 0 radical (unpaired) electrons. The fourth-order valence-electron chi connectivity index (χ4n) is 3.62. The van der Waals surface area contributed by atoms with Gasteiger partial charge in [-0.2, -0.15) is 0 Å². The number of carbonyl (C=O) groups excluding carboxylic acids is 1. The van der Waals surface area contributed by atoms with Gasteiger partial charge < -0.3 is 15.6 Å². The summed E-state index contributed by atoms with van der Waals surface area (Å²) in [4.78, 5) is 26.5. The van der Waals surface area contributed by atoms with Crippen LogP contribution in [0.4, 0.5) is 0 Å². The number of pyridine rings is 1. The Hall–Kier alpha value is -1.62. The molecule has 1 atom stereocenters.